The average molecular weight is 1390 g/mol. The summed E-state index contributed by atoms with van der Waals surface area (Å²) in [5.74, 6) is 2.76. The van der Waals surface area contributed by atoms with Gasteiger partial charge in [-0.25, -0.2) is 0 Å². The molecule has 0 bridgehead atoms. The predicted octanol–water partition coefficient (Wildman–Crippen LogP) is 14.0. The first-order chi connectivity index (χ1) is 50.6. The zero-order valence-corrected chi connectivity index (χ0v) is 58.5. The van der Waals surface area contributed by atoms with Gasteiger partial charge in [0.05, 0.1) is 74.2 Å². The molecule has 0 spiro atoms. The number of fused-ring (bicyclic) bond motifs is 10. The van der Waals surface area contributed by atoms with Crippen LogP contribution < -0.4 is 79.6 Å². The quantitative estimate of drug-likeness (QED) is 0.0551. The number of carbonyl (C=O) groups excluding carboxylic acids is 4. The fourth-order valence-corrected chi connectivity index (χ4v) is 15.7. The van der Waals surface area contributed by atoms with E-state index in [0.717, 1.165) is 91.2 Å². The van der Waals surface area contributed by atoms with E-state index in [1.807, 2.05) is 145 Å². The molecule has 10 aromatic rings. The molecule has 0 aliphatic carbocycles. The maximum absolute atomic E-state index is 14.7. The van der Waals surface area contributed by atoms with Gasteiger partial charge in [-0.1, -0.05) is 84.9 Å². The van der Waals surface area contributed by atoms with Crippen LogP contribution in [0.15, 0.2) is 182 Å². The van der Waals surface area contributed by atoms with Gasteiger partial charge in [-0.05, 0) is 168 Å². The Hall–Kier alpha value is -12.3. The van der Waals surface area contributed by atoms with E-state index in [1.165, 1.54) is 14.2 Å². The Bertz CT molecular complexity index is 5140. The van der Waals surface area contributed by atoms with Crippen molar-refractivity contribution in [1.29, 1.82) is 0 Å². The lowest BCUT2D eigenvalue weighted by atomic mass is 9.98. The van der Waals surface area contributed by atoms with E-state index in [9.17, 15) is 19.2 Å². The number of nitrogen functional groups attached to an aromatic ring is 2. The Balaban J connectivity index is 0.545. The van der Waals surface area contributed by atoms with Crippen molar-refractivity contribution in [3.05, 3.63) is 249 Å². The first kappa shape index (κ1) is 66.2. The summed E-state index contributed by atoms with van der Waals surface area (Å²) < 4.78 is 48.6. The van der Waals surface area contributed by atoms with Crippen LogP contribution in [-0.4, -0.2) is 89.3 Å². The SMILES string of the molecule is COc1cc(C(=O)N2c3ccccc3C[C@H]2C)c(N)cc1OCc1cccc(COc2cc3c(cc2OC)C(=O)N2c4ccc(-c5ccc6c(c5)C[C@@H](C)N6C(=O)c5cc(OC)c(OCc6cccc(COc7cc8c(cc7OC)C(=O)N7c9ccccc9C[C@H]7CN8)c6)cc5N)cc4C[C@H]2CN3)c1. The third kappa shape index (κ3) is 12.1. The number of benzene rings is 10. The second-order valence-corrected chi connectivity index (χ2v) is 27.3. The van der Waals surface area contributed by atoms with Gasteiger partial charge in [-0.2, -0.15) is 0 Å². The molecule has 0 saturated carbocycles. The van der Waals surface area contributed by atoms with E-state index >= 15 is 0 Å². The second kappa shape index (κ2) is 27.2. The number of hydrogen-bond donors (Lipinski definition) is 4. The van der Waals surface area contributed by atoms with Crippen molar-refractivity contribution >= 4 is 69.1 Å². The minimum Gasteiger partial charge on any atom is -0.493 e. The molecule has 0 aromatic heterocycles. The number of nitrogens with zero attached hydrogens (tertiary/aromatic N) is 4. The maximum Gasteiger partial charge on any atom is 0.260 e. The molecule has 10 aromatic carbocycles. The predicted molar refractivity (Wildman–Crippen MR) is 401 cm³/mol. The van der Waals surface area contributed by atoms with Gasteiger partial charge in [0.2, 0.25) is 0 Å². The van der Waals surface area contributed by atoms with Crippen LogP contribution in [0.1, 0.15) is 99.8 Å². The van der Waals surface area contributed by atoms with Crippen molar-refractivity contribution in [3.63, 3.8) is 0 Å². The summed E-state index contributed by atoms with van der Waals surface area (Å²) in [5.41, 5.74) is 30.2. The van der Waals surface area contributed by atoms with Crippen molar-refractivity contribution in [2.75, 3.05) is 83.2 Å². The standard InChI is InChI=1S/C84H78N8O12/c1-47-25-55-17-7-9-19-69(55)89(47)81(93)61-33-73(97-3)77(37-65(61)85)101-43-49-13-11-16-52(27-49)46-104-80-40-68-64(36-76(80)100-6)84(96)92-60(42-88-68)32-58-30-54(22-24-72(58)92)53-21-23-71-57(29-53)26-48(2)90(71)82(94)62-34-74(98-4)78(38-66(62)86)102-44-50-14-12-15-51(28-50)45-103-79-39-67-63(35-75(79)99-5)83(95)91-59(41-87-67)31-56-18-8-10-20-70(56)91/h7-24,27-30,33-40,47-48,59-60,87-88H,25-26,31-32,41-46,85-86H2,1-6H3/t47-,48-,59+,60+/m1/s1. The molecule has 6 aliphatic heterocycles. The largest absolute Gasteiger partial charge is 0.493 e. The van der Waals surface area contributed by atoms with Crippen LogP contribution in [0.4, 0.5) is 45.5 Å². The fourth-order valence-electron chi connectivity index (χ4n) is 15.7. The normalized spacial score (nSPS) is 17.1. The number of nitrogens with one attached hydrogen (secondary N) is 2. The topological polar surface area (TPSA) is 231 Å². The molecule has 4 atom stereocenters. The summed E-state index contributed by atoms with van der Waals surface area (Å²) >= 11 is 0. The van der Waals surface area contributed by atoms with Gasteiger partial charge >= 0.3 is 0 Å². The number of rotatable bonds is 19. The summed E-state index contributed by atoms with van der Waals surface area (Å²) in [6.07, 6.45) is 2.83. The maximum atomic E-state index is 14.7. The highest BCUT2D eigenvalue weighted by atomic mass is 16.5. The summed E-state index contributed by atoms with van der Waals surface area (Å²) in [7, 11) is 6.21. The van der Waals surface area contributed by atoms with Crippen LogP contribution in [0, 0.1) is 0 Å². The van der Waals surface area contributed by atoms with Crippen molar-refractivity contribution in [2.24, 2.45) is 0 Å². The lowest BCUT2D eigenvalue weighted by molar-refractivity contribution is 0.0973. The molecule has 0 radical (unpaired) electrons. The lowest BCUT2D eigenvalue weighted by Gasteiger charge is -2.24. The van der Waals surface area contributed by atoms with E-state index < -0.39 is 0 Å². The Morgan fingerprint density at radius 2 is 0.760 bits per heavy atom. The molecule has 4 amide bonds. The summed E-state index contributed by atoms with van der Waals surface area (Å²) in [6, 6.07) is 57.6. The van der Waals surface area contributed by atoms with Gasteiger partial charge in [0.15, 0.2) is 46.0 Å². The minimum absolute atomic E-state index is 0.00000479. The van der Waals surface area contributed by atoms with Gasteiger partial charge in [0.25, 0.3) is 23.6 Å². The molecular formula is C84H78N8O12. The third-order valence-corrected chi connectivity index (χ3v) is 20.8. The van der Waals surface area contributed by atoms with E-state index in [0.29, 0.717) is 111 Å². The highest BCUT2D eigenvalue weighted by Crippen LogP contribution is 2.47. The third-order valence-electron chi connectivity index (χ3n) is 20.8. The van der Waals surface area contributed by atoms with E-state index in [4.69, 9.17) is 49.4 Å². The van der Waals surface area contributed by atoms with Gasteiger partial charge in [0, 0.05) is 83.6 Å². The molecule has 16 rings (SSSR count). The van der Waals surface area contributed by atoms with Gasteiger partial charge in [-0.3, -0.25) is 19.2 Å². The van der Waals surface area contributed by atoms with Gasteiger partial charge in [-0.15, -0.1) is 0 Å². The van der Waals surface area contributed by atoms with Crippen LogP contribution in [0.25, 0.3) is 11.1 Å². The number of carbonyl (C=O) groups is 4. The molecule has 526 valence electrons. The summed E-state index contributed by atoms with van der Waals surface area (Å²) in [4.78, 5) is 64.8. The molecule has 20 nitrogen and oxygen atoms in total. The Morgan fingerprint density at radius 1 is 0.394 bits per heavy atom. The molecular weight excluding hydrogens is 1310 g/mol. The zero-order chi connectivity index (χ0) is 71.6. The number of nitrogens with two attached hydrogens (primary N) is 2. The van der Waals surface area contributed by atoms with Crippen molar-refractivity contribution in [2.45, 2.75) is 90.1 Å². The second-order valence-electron chi connectivity index (χ2n) is 27.3. The minimum atomic E-state index is -0.252. The van der Waals surface area contributed by atoms with E-state index in [1.54, 1.807) is 60.4 Å². The van der Waals surface area contributed by atoms with Crippen LogP contribution in [0.3, 0.4) is 0 Å². The van der Waals surface area contributed by atoms with Crippen LogP contribution >= 0.6 is 0 Å². The molecule has 0 fully saturated rings. The molecule has 104 heavy (non-hydrogen) atoms. The number of ether oxygens (including phenoxy) is 8. The molecule has 0 saturated heterocycles. The lowest BCUT2D eigenvalue weighted by Crippen LogP contribution is -2.39. The van der Waals surface area contributed by atoms with Gasteiger partial charge in [0.1, 0.15) is 26.4 Å². The smallest absolute Gasteiger partial charge is 0.260 e. The summed E-state index contributed by atoms with van der Waals surface area (Å²) in [6.45, 7) is 5.98. The zero-order valence-electron chi connectivity index (χ0n) is 58.5. The molecule has 0 unspecified atom stereocenters. The number of hydrogen-bond acceptors (Lipinski definition) is 16. The Morgan fingerprint density at radius 3 is 1.22 bits per heavy atom. The first-order valence-electron chi connectivity index (χ1n) is 34.9. The van der Waals surface area contributed by atoms with Crippen molar-refractivity contribution in [3.8, 4) is 57.1 Å². The molecule has 6 aliphatic rings. The van der Waals surface area contributed by atoms with E-state index in [-0.39, 0.29) is 79.9 Å². The Kier molecular flexibility index (Phi) is 17.3. The number of amides is 4. The number of methoxy groups -OCH3 is 4. The van der Waals surface area contributed by atoms with Crippen LogP contribution in [0.2, 0.25) is 0 Å². The number of anilines is 8. The molecule has 6 N–H and O–H groups in total. The average Bonchev–Trinajstić information content (AvgIpc) is 1.60. The van der Waals surface area contributed by atoms with Gasteiger partial charge < -0.3 is 79.6 Å². The van der Waals surface area contributed by atoms with Crippen LogP contribution in [-0.2, 0) is 52.1 Å². The monoisotopic (exact) mass is 1390 g/mol. The molecule has 6 heterocycles. The molecule has 20 heteroatoms. The van der Waals surface area contributed by atoms with Crippen molar-refractivity contribution in [1.82, 2.24) is 0 Å². The summed E-state index contributed by atoms with van der Waals surface area (Å²) in [5, 5.41) is 7.07. The fraction of sp³-hybridized carbons (Fsp3) is 0.238. The van der Waals surface area contributed by atoms with Crippen molar-refractivity contribution < 1.29 is 57.1 Å². The van der Waals surface area contributed by atoms with E-state index in [2.05, 4.69) is 34.9 Å². The van der Waals surface area contributed by atoms with Crippen LogP contribution in [0.5, 0.6) is 46.0 Å². The number of para-hydroxylation sites is 2. The highest BCUT2D eigenvalue weighted by molar-refractivity contribution is 6.15. The Labute approximate surface area is 602 Å². The highest BCUT2D eigenvalue weighted by Gasteiger charge is 2.41. The first-order valence-corrected chi connectivity index (χ1v) is 34.9.